The SMILES string of the molecule is Cc1cc(NCc2ccc(Cl)cc2)nc(NCCC(C)C)n1. The normalized spacial score (nSPS) is 10.8. The van der Waals surface area contributed by atoms with E-state index in [2.05, 4.69) is 34.4 Å². The Balaban J connectivity index is 1.95. The molecule has 1 aromatic carbocycles. The molecule has 2 aromatic rings. The van der Waals surface area contributed by atoms with E-state index in [9.17, 15) is 0 Å². The summed E-state index contributed by atoms with van der Waals surface area (Å²) in [5.74, 6) is 2.17. The maximum Gasteiger partial charge on any atom is 0.224 e. The largest absolute Gasteiger partial charge is 0.366 e. The zero-order valence-electron chi connectivity index (χ0n) is 13.4. The molecule has 0 bridgehead atoms. The summed E-state index contributed by atoms with van der Waals surface area (Å²) >= 11 is 5.89. The number of halogens is 1. The second kappa shape index (κ2) is 7.99. The van der Waals surface area contributed by atoms with Gasteiger partial charge in [-0.25, -0.2) is 4.98 Å². The molecule has 0 saturated heterocycles. The van der Waals surface area contributed by atoms with E-state index < -0.39 is 0 Å². The highest BCUT2D eigenvalue weighted by atomic mass is 35.5. The lowest BCUT2D eigenvalue weighted by Gasteiger charge is -2.11. The predicted molar refractivity (Wildman–Crippen MR) is 93.5 cm³/mol. The minimum atomic E-state index is 0.666. The lowest BCUT2D eigenvalue weighted by molar-refractivity contribution is 0.606. The molecule has 2 N–H and O–H groups in total. The van der Waals surface area contributed by atoms with Gasteiger partial charge in [-0.3, -0.25) is 0 Å². The third-order valence-electron chi connectivity index (χ3n) is 3.25. The Kier molecular flexibility index (Phi) is 6.01. The van der Waals surface area contributed by atoms with Crippen molar-refractivity contribution in [1.82, 2.24) is 9.97 Å². The first-order chi connectivity index (χ1) is 10.5. The van der Waals surface area contributed by atoms with Gasteiger partial charge in [0.2, 0.25) is 5.95 Å². The Bertz CT molecular complexity index is 596. The van der Waals surface area contributed by atoms with Crippen molar-refractivity contribution in [2.75, 3.05) is 17.2 Å². The number of rotatable bonds is 7. The number of nitrogens with zero attached hydrogens (tertiary/aromatic N) is 2. The highest BCUT2D eigenvalue weighted by Gasteiger charge is 2.03. The second-order valence-corrected chi connectivity index (χ2v) is 6.24. The van der Waals surface area contributed by atoms with Gasteiger partial charge in [0, 0.05) is 29.9 Å². The molecule has 0 atom stereocenters. The number of aryl methyl sites for hydroxylation is 1. The number of anilines is 2. The lowest BCUT2D eigenvalue weighted by atomic mass is 10.1. The van der Waals surface area contributed by atoms with Crippen molar-refractivity contribution < 1.29 is 0 Å². The smallest absolute Gasteiger partial charge is 0.224 e. The first-order valence-corrected chi connectivity index (χ1v) is 7.98. The van der Waals surface area contributed by atoms with E-state index in [1.165, 1.54) is 0 Å². The first-order valence-electron chi connectivity index (χ1n) is 7.61. The number of hydrogen-bond donors (Lipinski definition) is 2. The van der Waals surface area contributed by atoms with Crippen molar-refractivity contribution in [2.24, 2.45) is 5.92 Å². The van der Waals surface area contributed by atoms with Crippen LogP contribution in [0.15, 0.2) is 30.3 Å². The summed E-state index contributed by atoms with van der Waals surface area (Å²) in [5, 5.41) is 7.36. The van der Waals surface area contributed by atoms with E-state index in [4.69, 9.17) is 11.6 Å². The Labute approximate surface area is 137 Å². The maximum absolute atomic E-state index is 5.89. The summed E-state index contributed by atoms with van der Waals surface area (Å²) in [7, 11) is 0. The fourth-order valence-electron chi connectivity index (χ4n) is 2.01. The van der Waals surface area contributed by atoms with Crippen LogP contribution in [-0.4, -0.2) is 16.5 Å². The van der Waals surface area contributed by atoms with Gasteiger partial charge in [0.05, 0.1) is 0 Å². The number of aromatic nitrogens is 2. The molecule has 0 radical (unpaired) electrons. The van der Waals surface area contributed by atoms with E-state index >= 15 is 0 Å². The van der Waals surface area contributed by atoms with Gasteiger partial charge in [0.15, 0.2) is 0 Å². The highest BCUT2D eigenvalue weighted by Crippen LogP contribution is 2.13. The van der Waals surface area contributed by atoms with E-state index in [1.54, 1.807) is 0 Å². The van der Waals surface area contributed by atoms with Crippen LogP contribution in [-0.2, 0) is 6.54 Å². The Morgan fingerprint density at radius 1 is 1.09 bits per heavy atom. The van der Waals surface area contributed by atoms with Gasteiger partial charge in [0.25, 0.3) is 0 Å². The van der Waals surface area contributed by atoms with Gasteiger partial charge >= 0.3 is 0 Å². The Morgan fingerprint density at radius 3 is 2.50 bits per heavy atom. The van der Waals surface area contributed by atoms with Gasteiger partial charge in [0.1, 0.15) is 5.82 Å². The van der Waals surface area contributed by atoms with Gasteiger partial charge in [-0.2, -0.15) is 4.98 Å². The van der Waals surface area contributed by atoms with Gasteiger partial charge in [-0.1, -0.05) is 37.6 Å². The molecule has 0 aliphatic rings. The number of nitrogens with one attached hydrogen (secondary N) is 2. The maximum atomic E-state index is 5.89. The monoisotopic (exact) mass is 318 g/mol. The molecule has 0 amide bonds. The molecular weight excluding hydrogens is 296 g/mol. The molecule has 0 saturated carbocycles. The van der Waals surface area contributed by atoms with Crippen LogP contribution in [0.4, 0.5) is 11.8 Å². The van der Waals surface area contributed by atoms with Crippen molar-refractivity contribution in [3.8, 4) is 0 Å². The van der Waals surface area contributed by atoms with Crippen LogP contribution in [0.2, 0.25) is 5.02 Å². The van der Waals surface area contributed by atoms with Crippen LogP contribution in [0.1, 0.15) is 31.5 Å². The summed E-state index contributed by atoms with van der Waals surface area (Å²) < 4.78 is 0. The van der Waals surface area contributed by atoms with Crippen LogP contribution in [0.3, 0.4) is 0 Å². The number of benzene rings is 1. The number of hydrogen-bond acceptors (Lipinski definition) is 4. The zero-order chi connectivity index (χ0) is 15.9. The van der Waals surface area contributed by atoms with Crippen molar-refractivity contribution in [3.05, 3.63) is 46.6 Å². The summed E-state index contributed by atoms with van der Waals surface area (Å²) in [4.78, 5) is 8.92. The molecular formula is C17H23ClN4. The summed E-state index contributed by atoms with van der Waals surface area (Å²) in [6.45, 7) is 7.98. The summed E-state index contributed by atoms with van der Waals surface area (Å²) in [6, 6.07) is 9.74. The molecule has 0 unspecified atom stereocenters. The molecule has 0 fully saturated rings. The van der Waals surface area contributed by atoms with Crippen LogP contribution in [0.25, 0.3) is 0 Å². The summed E-state index contributed by atoms with van der Waals surface area (Å²) in [6.07, 6.45) is 1.10. The van der Waals surface area contributed by atoms with Crippen LogP contribution in [0.5, 0.6) is 0 Å². The second-order valence-electron chi connectivity index (χ2n) is 5.81. The van der Waals surface area contributed by atoms with Crippen LogP contribution >= 0.6 is 11.6 Å². The van der Waals surface area contributed by atoms with E-state index in [0.29, 0.717) is 18.4 Å². The van der Waals surface area contributed by atoms with Crippen molar-refractivity contribution in [3.63, 3.8) is 0 Å². The molecule has 0 aliphatic heterocycles. The molecule has 22 heavy (non-hydrogen) atoms. The van der Waals surface area contributed by atoms with Gasteiger partial charge < -0.3 is 10.6 Å². The molecule has 1 aromatic heterocycles. The average Bonchev–Trinajstić information content (AvgIpc) is 2.46. The third kappa shape index (κ3) is 5.53. The molecule has 1 heterocycles. The third-order valence-corrected chi connectivity index (χ3v) is 3.50. The molecule has 5 heteroatoms. The van der Waals surface area contributed by atoms with E-state index in [0.717, 1.165) is 35.1 Å². The average molecular weight is 319 g/mol. The predicted octanol–water partition coefficient (Wildman–Crippen LogP) is 4.51. The van der Waals surface area contributed by atoms with Gasteiger partial charge in [-0.15, -0.1) is 0 Å². The molecule has 0 aliphatic carbocycles. The summed E-state index contributed by atoms with van der Waals surface area (Å²) in [5.41, 5.74) is 2.11. The fraction of sp³-hybridized carbons (Fsp3) is 0.412. The van der Waals surface area contributed by atoms with E-state index in [1.807, 2.05) is 37.3 Å². The minimum Gasteiger partial charge on any atom is -0.366 e. The molecule has 118 valence electrons. The van der Waals surface area contributed by atoms with Crippen molar-refractivity contribution >= 4 is 23.4 Å². The Hall–Kier alpha value is -1.81. The highest BCUT2D eigenvalue weighted by molar-refractivity contribution is 6.30. The van der Waals surface area contributed by atoms with Crippen LogP contribution in [0, 0.1) is 12.8 Å². The van der Waals surface area contributed by atoms with Crippen molar-refractivity contribution in [1.29, 1.82) is 0 Å². The minimum absolute atomic E-state index is 0.666. The molecule has 0 spiro atoms. The zero-order valence-corrected chi connectivity index (χ0v) is 14.1. The molecule has 4 nitrogen and oxygen atoms in total. The lowest BCUT2D eigenvalue weighted by Crippen LogP contribution is -2.10. The van der Waals surface area contributed by atoms with Gasteiger partial charge in [-0.05, 0) is 37.0 Å². The molecule has 2 rings (SSSR count). The van der Waals surface area contributed by atoms with E-state index in [-0.39, 0.29) is 0 Å². The first kappa shape index (κ1) is 16.6. The van der Waals surface area contributed by atoms with Crippen LogP contribution < -0.4 is 10.6 Å². The fourth-order valence-corrected chi connectivity index (χ4v) is 2.13. The van der Waals surface area contributed by atoms with Crippen molar-refractivity contribution in [2.45, 2.75) is 33.7 Å². The topological polar surface area (TPSA) is 49.8 Å². The Morgan fingerprint density at radius 2 is 1.82 bits per heavy atom. The quantitative estimate of drug-likeness (QED) is 0.788. The standard InChI is InChI=1S/C17H23ClN4/c1-12(2)8-9-19-17-21-13(3)10-16(22-17)20-11-14-4-6-15(18)7-5-14/h4-7,10,12H,8-9,11H2,1-3H3,(H2,19,20,21,22).